The van der Waals surface area contributed by atoms with E-state index in [2.05, 4.69) is 23.2 Å². The van der Waals surface area contributed by atoms with E-state index in [0.29, 0.717) is 5.56 Å². The number of benzene rings is 1. The van der Waals surface area contributed by atoms with Gasteiger partial charge in [-0.25, -0.2) is 0 Å². The lowest BCUT2D eigenvalue weighted by atomic mass is 10.2. The Kier molecular flexibility index (Phi) is 4.00. The summed E-state index contributed by atoms with van der Waals surface area (Å²) in [5, 5.41) is 12.1. The van der Waals surface area contributed by atoms with E-state index in [9.17, 15) is 0 Å². The molecule has 0 aromatic heterocycles. The van der Waals surface area contributed by atoms with Crippen LogP contribution in [0.1, 0.15) is 25.3 Å². The summed E-state index contributed by atoms with van der Waals surface area (Å²) in [6.45, 7) is 5.43. The first-order valence-electron chi connectivity index (χ1n) is 6.31. The summed E-state index contributed by atoms with van der Waals surface area (Å²) in [7, 11) is 0. The maximum atomic E-state index is 8.70. The minimum atomic E-state index is 0.712. The Hall–Kier alpha value is -1.53. The molecule has 90 valence electrons. The number of nitrogens with one attached hydrogen (secondary N) is 1. The maximum absolute atomic E-state index is 8.70. The maximum Gasteiger partial charge on any atom is 0.0991 e. The third-order valence-electron chi connectivity index (χ3n) is 3.21. The van der Waals surface area contributed by atoms with E-state index in [1.165, 1.54) is 12.8 Å². The molecule has 0 radical (unpaired) electrons. The molecule has 3 heteroatoms. The Morgan fingerprint density at radius 2 is 2.06 bits per heavy atom. The molecule has 0 heterocycles. The summed E-state index contributed by atoms with van der Waals surface area (Å²) in [5.41, 5.74) is 1.81. The lowest BCUT2D eigenvalue weighted by Crippen LogP contribution is -2.30. The predicted octanol–water partition coefficient (Wildman–Crippen LogP) is 2.45. The molecule has 17 heavy (non-hydrogen) atoms. The number of nitrogens with zero attached hydrogens (tertiary/aromatic N) is 2. The van der Waals surface area contributed by atoms with Crippen LogP contribution in [0.3, 0.4) is 0 Å². The first-order valence-corrected chi connectivity index (χ1v) is 6.31. The van der Waals surface area contributed by atoms with E-state index in [1.807, 2.05) is 24.3 Å². The fraction of sp³-hybridized carbons (Fsp3) is 0.500. The molecule has 1 aliphatic carbocycles. The largest absolute Gasteiger partial charge is 0.384 e. The van der Waals surface area contributed by atoms with Gasteiger partial charge in [0.05, 0.1) is 11.6 Å². The van der Waals surface area contributed by atoms with Crippen LogP contribution in [0.15, 0.2) is 24.3 Å². The number of likely N-dealkylation sites (N-methyl/N-ethyl adjacent to an activating group) is 1. The standard InChI is InChI=1S/C14H19N3/c1-2-17(14-7-8-14)10-9-16-13-5-3-12(11-15)4-6-13/h3-6,14,16H,2,7-10H2,1H3. The molecule has 0 atom stereocenters. The molecule has 0 unspecified atom stereocenters. The quantitative estimate of drug-likeness (QED) is 0.814. The molecule has 1 aromatic carbocycles. The van der Waals surface area contributed by atoms with Crippen LogP contribution in [0, 0.1) is 11.3 Å². The summed E-state index contributed by atoms with van der Waals surface area (Å²) in [5.74, 6) is 0. The summed E-state index contributed by atoms with van der Waals surface area (Å²) in [6.07, 6.45) is 2.73. The van der Waals surface area contributed by atoms with Crippen LogP contribution in [-0.4, -0.2) is 30.6 Å². The normalized spacial score (nSPS) is 14.6. The molecule has 1 saturated carbocycles. The molecule has 0 spiro atoms. The van der Waals surface area contributed by atoms with Crippen molar-refractivity contribution in [1.29, 1.82) is 5.26 Å². The number of hydrogen-bond acceptors (Lipinski definition) is 3. The van der Waals surface area contributed by atoms with Gasteiger partial charge in [-0.05, 0) is 43.7 Å². The molecule has 1 aliphatic rings. The number of nitriles is 1. The first-order chi connectivity index (χ1) is 8.33. The SMILES string of the molecule is CCN(CCNc1ccc(C#N)cc1)C1CC1. The molecule has 2 rings (SSSR count). The Morgan fingerprint density at radius 3 is 2.59 bits per heavy atom. The molecule has 0 saturated heterocycles. The van der Waals surface area contributed by atoms with Crippen molar-refractivity contribution in [2.75, 3.05) is 25.0 Å². The van der Waals surface area contributed by atoms with E-state index in [1.54, 1.807) is 0 Å². The van der Waals surface area contributed by atoms with E-state index in [4.69, 9.17) is 5.26 Å². The number of rotatable bonds is 6. The minimum Gasteiger partial charge on any atom is -0.384 e. The van der Waals surface area contributed by atoms with Crippen molar-refractivity contribution in [2.45, 2.75) is 25.8 Å². The highest BCUT2D eigenvalue weighted by Gasteiger charge is 2.26. The zero-order valence-electron chi connectivity index (χ0n) is 10.3. The van der Waals surface area contributed by atoms with Gasteiger partial charge in [0.1, 0.15) is 0 Å². The highest BCUT2D eigenvalue weighted by Crippen LogP contribution is 2.25. The van der Waals surface area contributed by atoms with Crippen molar-refractivity contribution in [3.05, 3.63) is 29.8 Å². The van der Waals surface area contributed by atoms with Gasteiger partial charge in [0.15, 0.2) is 0 Å². The van der Waals surface area contributed by atoms with Gasteiger partial charge < -0.3 is 5.32 Å². The van der Waals surface area contributed by atoms with Crippen LogP contribution < -0.4 is 5.32 Å². The fourth-order valence-electron chi connectivity index (χ4n) is 2.05. The highest BCUT2D eigenvalue weighted by atomic mass is 15.2. The van der Waals surface area contributed by atoms with Crippen molar-refractivity contribution >= 4 is 5.69 Å². The van der Waals surface area contributed by atoms with Gasteiger partial charge in [0.25, 0.3) is 0 Å². The van der Waals surface area contributed by atoms with Gasteiger partial charge in [-0.2, -0.15) is 5.26 Å². The van der Waals surface area contributed by atoms with E-state index >= 15 is 0 Å². The van der Waals surface area contributed by atoms with Crippen LogP contribution >= 0.6 is 0 Å². The minimum absolute atomic E-state index is 0.712. The molecule has 1 fully saturated rings. The summed E-state index contributed by atoms with van der Waals surface area (Å²) in [4.78, 5) is 2.52. The van der Waals surface area contributed by atoms with Crippen molar-refractivity contribution in [2.24, 2.45) is 0 Å². The van der Waals surface area contributed by atoms with E-state index in [0.717, 1.165) is 31.4 Å². The number of hydrogen-bond donors (Lipinski definition) is 1. The van der Waals surface area contributed by atoms with Crippen LogP contribution in [0.4, 0.5) is 5.69 Å². The number of anilines is 1. The lowest BCUT2D eigenvalue weighted by molar-refractivity contribution is 0.289. The van der Waals surface area contributed by atoms with Crippen LogP contribution in [0.5, 0.6) is 0 Å². The molecular formula is C14H19N3. The molecule has 0 amide bonds. The fourth-order valence-corrected chi connectivity index (χ4v) is 2.05. The molecular weight excluding hydrogens is 210 g/mol. The zero-order valence-corrected chi connectivity index (χ0v) is 10.3. The van der Waals surface area contributed by atoms with Crippen molar-refractivity contribution in [3.8, 4) is 6.07 Å². The van der Waals surface area contributed by atoms with Crippen LogP contribution in [0.2, 0.25) is 0 Å². The summed E-state index contributed by atoms with van der Waals surface area (Å²) < 4.78 is 0. The van der Waals surface area contributed by atoms with Gasteiger partial charge >= 0.3 is 0 Å². The average Bonchev–Trinajstić information content (AvgIpc) is 3.20. The van der Waals surface area contributed by atoms with E-state index in [-0.39, 0.29) is 0 Å². The summed E-state index contributed by atoms with van der Waals surface area (Å²) >= 11 is 0. The molecule has 0 aliphatic heterocycles. The Bertz CT molecular complexity index is 387. The van der Waals surface area contributed by atoms with Crippen molar-refractivity contribution in [1.82, 2.24) is 4.90 Å². The van der Waals surface area contributed by atoms with Crippen molar-refractivity contribution < 1.29 is 0 Å². The van der Waals surface area contributed by atoms with Crippen LogP contribution in [0.25, 0.3) is 0 Å². The molecule has 1 aromatic rings. The second-order valence-electron chi connectivity index (χ2n) is 4.48. The molecule has 1 N–H and O–H groups in total. The van der Waals surface area contributed by atoms with Gasteiger partial charge in [-0.3, -0.25) is 4.90 Å². The Labute approximate surface area is 103 Å². The highest BCUT2D eigenvalue weighted by molar-refractivity contribution is 5.47. The van der Waals surface area contributed by atoms with Gasteiger partial charge in [-0.1, -0.05) is 6.92 Å². The lowest BCUT2D eigenvalue weighted by Gasteiger charge is -2.20. The second-order valence-corrected chi connectivity index (χ2v) is 4.48. The van der Waals surface area contributed by atoms with Gasteiger partial charge in [0.2, 0.25) is 0 Å². The third kappa shape index (κ3) is 3.47. The van der Waals surface area contributed by atoms with Gasteiger partial charge in [-0.15, -0.1) is 0 Å². The molecule has 0 bridgehead atoms. The first kappa shape index (κ1) is 11.9. The zero-order chi connectivity index (χ0) is 12.1. The monoisotopic (exact) mass is 229 g/mol. The Morgan fingerprint density at radius 1 is 1.35 bits per heavy atom. The Balaban J connectivity index is 1.75. The topological polar surface area (TPSA) is 39.1 Å². The third-order valence-corrected chi connectivity index (χ3v) is 3.21. The summed E-state index contributed by atoms with van der Waals surface area (Å²) in [6, 6.07) is 10.6. The van der Waals surface area contributed by atoms with E-state index < -0.39 is 0 Å². The average molecular weight is 229 g/mol. The molecule has 3 nitrogen and oxygen atoms in total. The van der Waals surface area contributed by atoms with Gasteiger partial charge in [0, 0.05) is 24.8 Å². The van der Waals surface area contributed by atoms with Crippen LogP contribution in [-0.2, 0) is 0 Å². The smallest absolute Gasteiger partial charge is 0.0991 e. The predicted molar refractivity (Wildman–Crippen MR) is 69.9 cm³/mol. The second kappa shape index (κ2) is 5.70. The van der Waals surface area contributed by atoms with Crippen molar-refractivity contribution in [3.63, 3.8) is 0 Å².